The van der Waals surface area contributed by atoms with Gasteiger partial charge in [-0.15, -0.1) is 0 Å². The minimum absolute atomic E-state index is 0.174. The summed E-state index contributed by atoms with van der Waals surface area (Å²) in [6.07, 6.45) is 4.75. The number of pyridine rings is 1. The van der Waals surface area contributed by atoms with Crippen LogP contribution in [0.15, 0.2) is 42.6 Å². The minimum Gasteiger partial charge on any atom is -0.327 e. The van der Waals surface area contributed by atoms with Crippen molar-refractivity contribution in [1.82, 2.24) is 4.98 Å². The fourth-order valence-electron chi connectivity index (χ4n) is 2.31. The summed E-state index contributed by atoms with van der Waals surface area (Å²) in [4.78, 5) is 4.41. The highest BCUT2D eigenvalue weighted by molar-refractivity contribution is 5.25. The second-order valence-electron chi connectivity index (χ2n) is 5.20. The molecule has 0 saturated heterocycles. The van der Waals surface area contributed by atoms with Crippen molar-refractivity contribution in [1.29, 1.82) is 0 Å². The average Bonchev–Trinajstić information content (AvgIpc) is 2.40. The molecule has 0 aliphatic heterocycles. The minimum atomic E-state index is 0.174. The van der Waals surface area contributed by atoms with Crippen LogP contribution in [0.3, 0.4) is 0 Å². The number of nitrogens with two attached hydrogens (primary N) is 1. The third kappa shape index (κ3) is 3.90. The average molecular weight is 254 g/mol. The monoisotopic (exact) mass is 254 g/mol. The highest BCUT2D eigenvalue weighted by atomic mass is 14.7. The van der Waals surface area contributed by atoms with Gasteiger partial charge in [0.05, 0.1) is 0 Å². The van der Waals surface area contributed by atoms with Gasteiger partial charge >= 0.3 is 0 Å². The Kier molecular flexibility index (Phi) is 4.69. The fourth-order valence-corrected chi connectivity index (χ4v) is 2.31. The van der Waals surface area contributed by atoms with Crippen LogP contribution in [-0.4, -0.2) is 11.0 Å². The van der Waals surface area contributed by atoms with Gasteiger partial charge in [-0.05, 0) is 49.4 Å². The number of hydrogen-bond acceptors (Lipinski definition) is 2. The largest absolute Gasteiger partial charge is 0.327 e. The summed E-state index contributed by atoms with van der Waals surface area (Å²) < 4.78 is 0. The molecule has 2 heteroatoms. The van der Waals surface area contributed by atoms with Crippen molar-refractivity contribution in [2.24, 2.45) is 5.73 Å². The zero-order valence-electron chi connectivity index (χ0n) is 11.8. The molecular weight excluding hydrogens is 232 g/mol. The smallest absolute Gasteiger partial charge is 0.0448 e. The number of rotatable bonds is 5. The molecule has 1 aromatic carbocycles. The molecule has 0 aliphatic carbocycles. The molecule has 2 nitrogen and oxygen atoms in total. The van der Waals surface area contributed by atoms with Crippen molar-refractivity contribution in [2.45, 2.75) is 39.2 Å². The summed E-state index contributed by atoms with van der Waals surface area (Å²) >= 11 is 0. The molecule has 0 bridgehead atoms. The van der Waals surface area contributed by atoms with E-state index in [1.807, 2.05) is 12.3 Å². The lowest BCUT2D eigenvalue weighted by Crippen LogP contribution is -2.24. The number of aryl methyl sites for hydroxylation is 3. The molecule has 1 heterocycles. The van der Waals surface area contributed by atoms with E-state index in [-0.39, 0.29) is 6.04 Å². The summed E-state index contributed by atoms with van der Waals surface area (Å²) in [5.41, 5.74) is 11.3. The maximum Gasteiger partial charge on any atom is 0.0448 e. The van der Waals surface area contributed by atoms with Crippen LogP contribution in [0, 0.1) is 13.8 Å². The van der Waals surface area contributed by atoms with Gasteiger partial charge in [-0.25, -0.2) is 0 Å². The van der Waals surface area contributed by atoms with Crippen LogP contribution in [0.5, 0.6) is 0 Å². The maximum absolute atomic E-state index is 6.23. The molecule has 0 amide bonds. The van der Waals surface area contributed by atoms with E-state index < -0.39 is 0 Å². The van der Waals surface area contributed by atoms with Gasteiger partial charge in [0.1, 0.15) is 0 Å². The third-order valence-electron chi connectivity index (χ3n) is 3.62. The summed E-state index contributed by atoms with van der Waals surface area (Å²) in [5, 5.41) is 0. The van der Waals surface area contributed by atoms with Crippen LogP contribution in [0.4, 0.5) is 0 Å². The Labute approximate surface area is 115 Å². The first-order valence-corrected chi connectivity index (χ1v) is 6.87. The van der Waals surface area contributed by atoms with Gasteiger partial charge in [0.15, 0.2) is 0 Å². The molecule has 0 spiro atoms. The van der Waals surface area contributed by atoms with E-state index in [2.05, 4.69) is 49.2 Å². The zero-order valence-corrected chi connectivity index (χ0v) is 11.8. The molecular formula is C17H22N2. The summed E-state index contributed by atoms with van der Waals surface area (Å²) in [6, 6.07) is 12.8. The Bertz CT molecular complexity index is 534. The number of nitrogens with zero attached hydrogens (tertiary/aromatic N) is 1. The summed E-state index contributed by atoms with van der Waals surface area (Å²) in [7, 11) is 0. The molecule has 0 saturated carbocycles. The van der Waals surface area contributed by atoms with Crippen molar-refractivity contribution in [3.8, 4) is 0 Å². The Morgan fingerprint density at radius 3 is 2.53 bits per heavy atom. The predicted octanol–water partition coefficient (Wildman–Crippen LogP) is 3.20. The van der Waals surface area contributed by atoms with E-state index in [1.54, 1.807) is 0 Å². The van der Waals surface area contributed by atoms with Gasteiger partial charge in [-0.3, -0.25) is 4.98 Å². The second kappa shape index (κ2) is 6.48. The predicted molar refractivity (Wildman–Crippen MR) is 80.2 cm³/mol. The van der Waals surface area contributed by atoms with Crippen molar-refractivity contribution in [3.05, 3.63) is 65.0 Å². The van der Waals surface area contributed by atoms with Crippen LogP contribution < -0.4 is 5.73 Å². The van der Waals surface area contributed by atoms with Crippen molar-refractivity contribution in [3.63, 3.8) is 0 Å². The quantitative estimate of drug-likeness (QED) is 0.890. The van der Waals surface area contributed by atoms with Crippen LogP contribution in [0.2, 0.25) is 0 Å². The second-order valence-corrected chi connectivity index (χ2v) is 5.20. The van der Waals surface area contributed by atoms with Gasteiger partial charge in [-0.1, -0.05) is 30.3 Å². The summed E-state index contributed by atoms with van der Waals surface area (Å²) in [6.45, 7) is 4.25. The van der Waals surface area contributed by atoms with E-state index in [4.69, 9.17) is 5.73 Å². The normalized spacial score (nSPS) is 12.4. The highest BCUT2D eigenvalue weighted by Gasteiger charge is 2.08. The maximum atomic E-state index is 6.23. The SMILES string of the molecule is Cc1ccccc1CCC(N)Cc1ncccc1C. The van der Waals surface area contributed by atoms with Gasteiger partial charge in [-0.2, -0.15) is 0 Å². The molecule has 0 fully saturated rings. The highest BCUT2D eigenvalue weighted by Crippen LogP contribution is 2.13. The Morgan fingerprint density at radius 2 is 1.79 bits per heavy atom. The van der Waals surface area contributed by atoms with Crippen molar-refractivity contribution < 1.29 is 0 Å². The first kappa shape index (κ1) is 13.8. The van der Waals surface area contributed by atoms with Gasteiger partial charge < -0.3 is 5.73 Å². The molecule has 100 valence electrons. The van der Waals surface area contributed by atoms with Crippen LogP contribution in [0.25, 0.3) is 0 Å². The Morgan fingerprint density at radius 1 is 1.05 bits per heavy atom. The molecule has 19 heavy (non-hydrogen) atoms. The molecule has 0 radical (unpaired) electrons. The van der Waals surface area contributed by atoms with Crippen molar-refractivity contribution >= 4 is 0 Å². The zero-order chi connectivity index (χ0) is 13.7. The summed E-state index contributed by atoms with van der Waals surface area (Å²) in [5.74, 6) is 0. The van der Waals surface area contributed by atoms with Gasteiger partial charge in [0.2, 0.25) is 0 Å². The van der Waals surface area contributed by atoms with E-state index >= 15 is 0 Å². The lowest BCUT2D eigenvalue weighted by atomic mass is 9.98. The molecule has 1 atom stereocenters. The third-order valence-corrected chi connectivity index (χ3v) is 3.62. The fraction of sp³-hybridized carbons (Fsp3) is 0.353. The van der Waals surface area contributed by atoms with Crippen LogP contribution in [0.1, 0.15) is 28.8 Å². The first-order chi connectivity index (χ1) is 9.16. The van der Waals surface area contributed by atoms with Crippen LogP contribution in [-0.2, 0) is 12.8 Å². The van der Waals surface area contributed by atoms with Crippen molar-refractivity contribution in [2.75, 3.05) is 0 Å². The topological polar surface area (TPSA) is 38.9 Å². The number of hydrogen-bond donors (Lipinski definition) is 1. The molecule has 2 aromatic rings. The first-order valence-electron chi connectivity index (χ1n) is 6.87. The lowest BCUT2D eigenvalue weighted by molar-refractivity contribution is 0.600. The standard InChI is InChI=1S/C17H22N2/c1-13-6-3-4-8-15(13)9-10-16(18)12-17-14(2)7-5-11-19-17/h3-8,11,16H,9-10,12,18H2,1-2H3. The van der Waals surface area contributed by atoms with Gasteiger partial charge in [0.25, 0.3) is 0 Å². The Hall–Kier alpha value is -1.67. The van der Waals surface area contributed by atoms with E-state index in [0.29, 0.717) is 0 Å². The molecule has 0 aliphatic rings. The van der Waals surface area contributed by atoms with E-state index in [0.717, 1.165) is 25.0 Å². The molecule has 2 N–H and O–H groups in total. The number of aromatic nitrogens is 1. The molecule has 1 unspecified atom stereocenters. The Balaban J connectivity index is 1.90. The lowest BCUT2D eigenvalue weighted by Gasteiger charge is -2.13. The van der Waals surface area contributed by atoms with Gasteiger partial charge in [0, 0.05) is 24.4 Å². The van der Waals surface area contributed by atoms with E-state index in [1.165, 1.54) is 16.7 Å². The molecule has 1 aromatic heterocycles. The van der Waals surface area contributed by atoms with E-state index in [9.17, 15) is 0 Å². The van der Waals surface area contributed by atoms with Crippen LogP contribution >= 0.6 is 0 Å². The number of benzene rings is 1. The molecule has 2 rings (SSSR count).